The van der Waals surface area contributed by atoms with E-state index in [1.807, 2.05) is 37.3 Å². The number of rotatable bonds is 5. The number of ether oxygens (including phenoxy) is 1. The molecule has 0 saturated carbocycles. The molecule has 0 aliphatic rings. The SMILES string of the molecule is COc1ccc(CSc2n[nH]c(-c3ccc(C)cc3)n2)cc1F. The number of nitrogens with one attached hydrogen (secondary N) is 1. The van der Waals surface area contributed by atoms with E-state index in [9.17, 15) is 4.39 Å². The lowest BCUT2D eigenvalue weighted by atomic mass is 10.1. The van der Waals surface area contributed by atoms with Crippen LogP contribution < -0.4 is 4.74 Å². The first-order chi connectivity index (χ1) is 11.2. The van der Waals surface area contributed by atoms with Crippen molar-refractivity contribution in [3.63, 3.8) is 0 Å². The summed E-state index contributed by atoms with van der Waals surface area (Å²) in [6, 6.07) is 13.0. The highest BCUT2D eigenvalue weighted by Gasteiger charge is 2.08. The normalized spacial score (nSPS) is 10.7. The minimum Gasteiger partial charge on any atom is -0.494 e. The van der Waals surface area contributed by atoms with Gasteiger partial charge in [-0.3, -0.25) is 5.10 Å². The minimum atomic E-state index is -0.360. The van der Waals surface area contributed by atoms with Gasteiger partial charge in [-0.25, -0.2) is 9.37 Å². The first-order valence-electron chi connectivity index (χ1n) is 7.10. The average Bonchev–Trinajstić information content (AvgIpc) is 3.03. The fourth-order valence-electron chi connectivity index (χ4n) is 2.10. The van der Waals surface area contributed by atoms with Crippen molar-refractivity contribution in [2.24, 2.45) is 0 Å². The van der Waals surface area contributed by atoms with Crippen LogP contribution >= 0.6 is 11.8 Å². The van der Waals surface area contributed by atoms with E-state index in [0.29, 0.717) is 10.9 Å². The summed E-state index contributed by atoms with van der Waals surface area (Å²) in [5, 5.41) is 7.76. The molecule has 4 nitrogen and oxygen atoms in total. The standard InChI is InChI=1S/C17H16FN3OS/c1-11-3-6-13(7-4-11)16-19-17(21-20-16)23-10-12-5-8-15(22-2)14(18)9-12/h3-9H,10H2,1-2H3,(H,19,20,21). The van der Waals surface area contributed by atoms with Crippen molar-refractivity contribution in [1.82, 2.24) is 15.2 Å². The first kappa shape index (κ1) is 15.6. The molecular weight excluding hydrogens is 313 g/mol. The van der Waals surface area contributed by atoms with Crippen LogP contribution in [0.15, 0.2) is 47.6 Å². The predicted molar refractivity (Wildman–Crippen MR) is 89.1 cm³/mol. The summed E-state index contributed by atoms with van der Waals surface area (Å²) in [5.41, 5.74) is 3.05. The molecule has 0 bridgehead atoms. The molecule has 6 heteroatoms. The third-order valence-electron chi connectivity index (χ3n) is 3.37. The molecule has 0 saturated heterocycles. The van der Waals surface area contributed by atoms with E-state index in [4.69, 9.17) is 4.74 Å². The Kier molecular flexibility index (Phi) is 4.62. The number of methoxy groups -OCH3 is 1. The number of hydrogen-bond acceptors (Lipinski definition) is 4. The second-order valence-electron chi connectivity index (χ2n) is 5.09. The molecule has 0 spiro atoms. The molecule has 0 radical (unpaired) electrons. The molecule has 1 heterocycles. The summed E-state index contributed by atoms with van der Waals surface area (Å²) < 4.78 is 18.6. The number of thioether (sulfide) groups is 1. The summed E-state index contributed by atoms with van der Waals surface area (Å²) >= 11 is 1.45. The number of aromatic amines is 1. The largest absolute Gasteiger partial charge is 0.494 e. The van der Waals surface area contributed by atoms with Crippen molar-refractivity contribution in [3.05, 3.63) is 59.4 Å². The number of nitrogens with zero attached hydrogens (tertiary/aromatic N) is 2. The van der Waals surface area contributed by atoms with E-state index >= 15 is 0 Å². The number of benzene rings is 2. The summed E-state index contributed by atoms with van der Waals surface area (Å²) in [5.74, 6) is 1.21. The van der Waals surface area contributed by atoms with Crippen LogP contribution in [0.2, 0.25) is 0 Å². The number of aromatic nitrogens is 3. The molecule has 0 unspecified atom stereocenters. The third-order valence-corrected chi connectivity index (χ3v) is 4.29. The van der Waals surface area contributed by atoms with Crippen LogP contribution in [0.4, 0.5) is 4.39 Å². The number of halogens is 1. The monoisotopic (exact) mass is 329 g/mol. The zero-order valence-corrected chi connectivity index (χ0v) is 13.7. The molecule has 1 aromatic heterocycles. The zero-order valence-electron chi connectivity index (χ0n) is 12.8. The fourth-order valence-corrected chi connectivity index (χ4v) is 2.84. The lowest BCUT2D eigenvalue weighted by Gasteiger charge is -2.03. The van der Waals surface area contributed by atoms with Gasteiger partial charge in [-0.05, 0) is 24.6 Å². The number of aryl methyl sites for hydroxylation is 1. The van der Waals surface area contributed by atoms with Gasteiger partial charge >= 0.3 is 0 Å². The number of H-pyrrole nitrogens is 1. The first-order valence-corrected chi connectivity index (χ1v) is 8.09. The highest BCUT2D eigenvalue weighted by Crippen LogP contribution is 2.25. The zero-order chi connectivity index (χ0) is 16.2. The van der Waals surface area contributed by atoms with Gasteiger partial charge in [-0.1, -0.05) is 47.7 Å². The third kappa shape index (κ3) is 3.71. The lowest BCUT2D eigenvalue weighted by molar-refractivity contribution is 0.386. The van der Waals surface area contributed by atoms with Crippen LogP contribution in [0, 0.1) is 12.7 Å². The summed E-state index contributed by atoms with van der Waals surface area (Å²) in [6.07, 6.45) is 0. The van der Waals surface area contributed by atoms with Crippen LogP contribution in [0.25, 0.3) is 11.4 Å². The smallest absolute Gasteiger partial charge is 0.209 e. The van der Waals surface area contributed by atoms with E-state index in [0.717, 1.165) is 17.0 Å². The van der Waals surface area contributed by atoms with Crippen molar-refractivity contribution in [2.75, 3.05) is 7.11 Å². The molecule has 0 amide bonds. The van der Waals surface area contributed by atoms with Gasteiger partial charge in [0.2, 0.25) is 5.16 Å². The minimum absolute atomic E-state index is 0.248. The quantitative estimate of drug-likeness (QED) is 0.712. The Balaban J connectivity index is 1.67. The molecule has 0 aliphatic heterocycles. The van der Waals surface area contributed by atoms with Gasteiger partial charge in [-0.2, -0.15) is 0 Å². The van der Waals surface area contributed by atoms with Gasteiger partial charge in [-0.15, -0.1) is 5.10 Å². The maximum absolute atomic E-state index is 13.7. The Bertz CT molecular complexity index is 802. The van der Waals surface area contributed by atoms with Gasteiger partial charge in [0, 0.05) is 11.3 Å². The Labute approximate surface area is 138 Å². The topological polar surface area (TPSA) is 50.8 Å². The maximum Gasteiger partial charge on any atom is 0.209 e. The van der Waals surface area contributed by atoms with Gasteiger partial charge < -0.3 is 4.74 Å². The number of hydrogen-bond donors (Lipinski definition) is 1. The van der Waals surface area contributed by atoms with E-state index in [1.165, 1.54) is 30.5 Å². The van der Waals surface area contributed by atoms with Crippen LogP contribution in [-0.2, 0) is 5.75 Å². The van der Waals surface area contributed by atoms with Crippen LogP contribution in [0.5, 0.6) is 5.75 Å². The van der Waals surface area contributed by atoms with Gasteiger partial charge in [0.25, 0.3) is 0 Å². The van der Waals surface area contributed by atoms with Crippen molar-refractivity contribution in [1.29, 1.82) is 0 Å². The Morgan fingerprint density at radius 1 is 1.17 bits per heavy atom. The molecular formula is C17H16FN3OS. The van der Waals surface area contributed by atoms with Crippen molar-refractivity contribution in [2.45, 2.75) is 17.8 Å². The highest BCUT2D eigenvalue weighted by atomic mass is 32.2. The fraction of sp³-hybridized carbons (Fsp3) is 0.176. The molecule has 3 rings (SSSR count). The summed E-state index contributed by atoms with van der Waals surface area (Å²) in [6.45, 7) is 2.04. The van der Waals surface area contributed by atoms with Gasteiger partial charge in [0.15, 0.2) is 17.4 Å². The van der Waals surface area contributed by atoms with E-state index in [2.05, 4.69) is 15.2 Å². The average molecular weight is 329 g/mol. The predicted octanol–water partition coefficient (Wildman–Crippen LogP) is 4.22. The maximum atomic E-state index is 13.7. The van der Waals surface area contributed by atoms with Crippen LogP contribution in [-0.4, -0.2) is 22.3 Å². The Hall–Kier alpha value is -2.34. The Morgan fingerprint density at radius 3 is 2.65 bits per heavy atom. The molecule has 0 fully saturated rings. The molecule has 2 aromatic carbocycles. The van der Waals surface area contributed by atoms with Crippen LogP contribution in [0.3, 0.4) is 0 Å². The molecule has 3 aromatic rings. The van der Waals surface area contributed by atoms with Gasteiger partial charge in [0.1, 0.15) is 0 Å². The van der Waals surface area contributed by atoms with Crippen molar-refractivity contribution >= 4 is 11.8 Å². The van der Waals surface area contributed by atoms with Crippen molar-refractivity contribution in [3.8, 4) is 17.1 Å². The summed E-state index contributed by atoms with van der Waals surface area (Å²) in [4.78, 5) is 4.46. The Morgan fingerprint density at radius 2 is 1.96 bits per heavy atom. The van der Waals surface area contributed by atoms with E-state index in [-0.39, 0.29) is 11.6 Å². The van der Waals surface area contributed by atoms with Gasteiger partial charge in [0.05, 0.1) is 7.11 Å². The molecule has 0 atom stereocenters. The summed E-state index contributed by atoms with van der Waals surface area (Å²) in [7, 11) is 1.45. The molecule has 0 aliphatic carbocycles. The van der Waals surface area contributed by atoms with Crippen LogP contribution in [0.1, 0.15) is 11.1 Å². The van der Waals surface area contributed by atoms with Crippen molar-refractivity contribution < 1.29 is 9.13 Å². The molecule has 23 heavy (non-hydrogen) atoms. The highest BCUT2D eigenvalue weighted by molar-refractivity contribution is 7.98. The second-order valence-corrected chi connectivity index (χ2v) is 6.03. The molecule has 1 N–H and O–H groups in total. The molecule has 118 valence electrons. The van der Waals surface area contributed by atoms with E-state index < -0.39 is 0 Å². The lowest BCUT2D eigenvalue weighted by Crippen LogP contribution is -1.90. The van der Waals surface area contributed by atoms with E-state index in [1.54, 1.807) is 6.07 Å². The second kappa shape index (κ2) is 6.83.